The second kappa shape index (κ2) is 5.04. The van der Waals surface area contributed by atoms with E-state index in [-0.39, 0.29) is 17.1 Å². The Bertz CT molecular complexity index is 854. The number of benzene rings is 2. The van der Waals surface area contributed by atoms with Crippen molar-refractivity contribution < 1.29 is 10.0 Å². The summed E-state index contributed by atoms with van der Waals surface area (Å²) >= 11 is 0. The number of aromatic nitrogens is 2. The number of para-hydroxylation sites is 1. The molecule has 1 heterocycles. The summed E-state index contributed by atoms with van der Waals surface area (Å²) < 4.78 is 0. The van der Waals surface area contributed by atoms with Crippen LogP contribution in [0.4, 0.5) is 11.4 Å². The van der Waals surface area contributed by atoms with Crippen LogP contribution in [0.5, 0.6) is 5.75 Å². The van der Waals surface area contributed by atoms with Crippen LogP contribution in [0.2, 0.25) is 0 Å². The molecule has 21 heavy (non-hydrogen) atoms. The molecule has 0 unspecified atom stereocenters. The van der Waals surface area contributed by atoms with E-state index in [2.05, 4.69) is 15.0 Å². The summed E-state index contributed by atoms with van der Waals surface area (Å²) in [6, 6.07) is 9.53. The topological polar surface area (TPSA) is 104 Å². The largest absolute Gasteiger partial charge is 0.507 e. The number of nitro groups is 1. The first-order chi connectivity index (χ1) is 10.1. The summed E-state index contributed by atoms with van der Waals surface area (Å²) in [7, 11) is 0. The first-order valence-electron chi connectivity index (χ1n) is 6.09. The molecule has 2 aromatic carbocycles. The number of hydrogen-bond acceptors (Lipinski definition) is 5. The first-order valence-corrected chi connectivity index (χ1v) is 6.09. The zero-order valence-electron chi connectivity index (χ0n) is 10.7. The fraction of sp³-hybridized carbons (Fsp3) is 0. The predicted molar refractivity (Wildman–Crippen MR) is 78.1 cm³/mol. The van der Waals surface area contributed by atoms with Gasteiger partial charge in [-0.2, -0.15) is 0 Å². The molecule has 3 rings (SSSR count). The molecule has 0 aliphatic rings. The average molecular weight is 282 g/mol. The molecule has 0 saturated heterocycles. The fourth-order valence-electron chi connectivity index (χ4n) is 1.94. The van der Waals surface area contributed by atoms with Crippen LogP contribution >= 0.6 is 0 Å². The Morgan fingerprint density at radius 1 is 1.33 bits per heavy atom. The summed E-state index contributed by atoms with van der Waals surface area (Å²) in [4.78, 5) is 21.6. The molecule has 0 aliphatic carbocycles. The maximum Gasteiger partial charge on any atom is 0.297 e. The van der Waals surface area contributed by atoms with E-state index in [1.807, 2.05) is 0 Å². The molecule has 0 aliphatic heterocycles. The maximum absolute atomic E-state index is 11.1. The number of aliphatic imine (C=N–C) groups is 1. The van der Waals surface area contributed by atoms with Gasteiger partial charge in [0, 0.05) is 17.8 Å². The Hall–Kier alpha value is -3.22. The van der Waals surface area contributed by atoms with Crippen LogP contribution in [0, 0.1) is 10.1 Å². The molecule has 0 bridgehead atoms. The van der Waals surface area contributed by atoms with E-state index in [1.165, 1.54) is 30.7 Å². The Morgan fingerprint density at radius 2 is 2.14 bits per heavy atom. The molecule has 3 aromatic rings. The maximum atomic E-state index is 11.1. The summed E-state index contributed by atoms with van der Waals surface area (Å²) in [6.07, 6.45) is 2.85. The minimum atomic E-state index is -0.502. The van der Waals surface area contributed by atoms with Crippen molar-refractivity contribution in [2.45, 2.75) is 0 Å². The van der Waals surface area contributed by atoms with Crippen molar-refractivity contribution in [3.05, 3.63) is 58.4 Å². The van der Waals surface area contributed by atoms with Crippen LogP contribution in [0.25, 0.3) is 11.0 Å². The number of aromatic hydroxyl groups is 1. The number of phenolic OH excluding ortho intramolecular Hbond substituents is 1. The molecule has 7 heteroatoms. The number of H-pyrrole nitrogens is 1. The van der Waals surface area contributed by atoms with Gasteiger partial charge >= 0.3 is 0 Å². The molecule has 104 valence electrons. The van der Waals surface area contributed by atoms with Crippen molar-refractivity contribution in [2.24, 2.45) is 4.99 Å². The highest BCUT2D eigenvalue weighted by molar-refractivity contribution is 5.89. The second-order valence-corrected chi connectivity index (χ2v) is 4.33. The van der Waals surface area contributed by atoms with Gasteiger partial charge in [-0.3, -0.25) is 10.1 Å². The lowest BCUT2D eigenvalue weighted by Crippen LogP contribution is -1.89. The zero-order valence-corrected chi connectivity index (χ0v) is 10.7. The van der Waals surface area contributed by atoms with Crippen molar-refractivity contribution in [2.75, 3.05) is 0 Å². The quantitative estimate of drug-likeness (QED) is 0.437. The molecular weight excluding hydrogens is 272 g/mol. The van der Waals surface area contributed by atoms with Crippen molar-refractivity contribution in [1.29, 1.82) is 0 Å². The highest BCUT2D eigenvalue weighted by Crippen LogP contribution is 2.31. The number of nitrogens with zero attached hydrogens (tertiary/aromatic N) is 3. The van der Waals surface area contributed by atoms with Crippen LogP contribution in [-0.2, 0) is 0 Å². The van der Waals surface area contributed by atoms with E-state index in [9.17, 15) is 15.2 Å². The first kappa shape index (κ1) is 12.8. The number of nitrogens with one attached hydrogen (secondary N) is 1. The van der Waals surface area contributed by atoms with Crippen LogP contribution < -0.4 is 0 Å². The van der Waals surface area contributed by atoms with Crippen molar-refractivity contribution in [3.8, 4) is 5.75 Å². The molecule has 7 nitrogen and oxygen atoms in total. The van der Waals surface area contributed by atoms with E-state index in [4.69, 9.17) is 0 Å². The SMILES string of the molecule is O=[N+]([O-])c1cc2[nH]cnc2cc1N=Cc1ccccc1O. The van der Waals surface area contributed by atoms with Gasteiger partial charge in [-0.25, -0.2) is 9.98 Å². The lowest BCUT2D eigenvalue weighted by molar-refractivity contribution is -0.383. The van der Waals surface area contributed by atoms with E-state index in [0.29, 0.717) is 16.6 Å². The molecule has 0 amide bonds. The Kier molecular flexibility index (Phi) is 3.07. The van der Waals surface area contributed by atoms with Gasteiger partial charge in [0.2, 0.25) is 0 Å². The van der Waals surface area contributed by atoms with Gasteiger partial charge in [-0.1, -0.05) is 12.1 Å². The van der Waals surface area contributed by atoms with Gasteiger partial charge in [0.05, 0.1) is 22.3 Å². The van der Waals surface area contributed by atoms with Crippen LogP contribution in [0.1, 0.15) is 5.56 Å². The molecule has 0 saturated carbocycles. The summed E-state index contributed by atoms with van der Waals surface area (Å²) in [5, 5.41) is 20.8. The number of fused-ring (bicyclic) bond motifs is 1. The zero-order chi connectivity index (χ0) is 14.8. The van der Waals surface area contributed by atoms with Crippen molar-refractivity contribution >= 4 is 28.6 Å². The molecule has 1 aromatic heterocycles. The van der Waals surface area contributed by atoms with Gasteiger partial charge < -0.3 is 10.1 Å². The summed E-state index contributed by atoms with van der Waals surface area (Å²) in [5.74, 6) is 0.0600. The Balaban J connectivity index is 2.08. The number of hydrogen-bond donors (Lipinski definition) is 2. The smallest absolute Gasteiger partial charge is 0.297 e. The Morgan fingerprint density at radius 3 is 2.90 bits per heavy atom. The number of phenols is 1. The summed E-state index contributed by atoms with van der Waals surface area (Å²) in [6.45, 7) is 0. The minimum absolute atomic E-state index is 0.0600. The minimum Gasteiger partial charge on any atom is -0.507 e. The number of aromatic amines is 1. The second-order valence-electron chi connectivity index (χ2n) is 4.33. The summed E-state index contributed by atoms with van der Waals surface area (Å²) in [5.41, 5.74) is 1.70. The fourth-order valence-corrected chi connectivity index (χ4v) is 1.94. The van der Waals surface area contributed by atoms with Crippen LogP contribution in [-0.4, -0.2) is 26.2 Å². The highest BCUT2D eigenvalue weighted by atomic mass is 16.6. The van der Waals surface area contributed by atoms with Crippen LogP contribution in [0.3, 0.4) is 0 Å². The molecule has 0 atom stereocenters. The third-order valence-electron chi connectivity index (χ3n) is 2.99. The molecule has 0 fully saturated rings. The number of rotatable bonds is 3. The van der Waals surface area contributed by atoms with Crippen molar-refractivity contribution in [1.82, 2.24) is 9.97 Å². The molecule has 0 spiro atoms. The molecule has 0 radical (unpaired) electrons. The van der Waals surface area contributed by atoms with Gasteiger partial charge in [0.25, 0.3) is 5.69 Å². The lowest BCUT2D eigenvalue weighted by atomic mass is 10.2. The highest BCUT2D eigenvalue weighted by Gasteiger charge is 2.15. The van der Waals surface area contributed by atoms with E-state index >= 15 is 0 Å². The molecule has 2 N–H and O–H groups in total. The van der Waals surface area contributed by atoms with Gasteiger partial charge in [0.1, 0.15) is 11.4 Å². The predicted octanol–water partition coefficient (Wildman–Crippen LogP) is 2.93. The lowest BCUT2D eigenvalue weighted by Gasteiger charge is -1.99. The normalized spacial score (nSPS) is 11.2. The number of nitro benzene ring substituents is 1. The molecular formula is C14H10N4O3. The average Bonchev–Trinajstić information content (AvgIpc) is 2.92. The third kappa shape index (κ3) is 2.44. The van der Waals surface area contributed by atoms with E-state index in [0.717, 1.165) is 0 Å². The third-order valence-corrected chi connectivity index (χ3v) is 2.99. The van der Waals surface area contributed by atoms with E-state index in [1.54, 1.807) is 18.2 Å². The van der Waals surface area contributed by atoms with Crippen LogP contribution in [0.15, 0.2) is 47.7 Å². The monoisotopic (exact) mass is 282 g/mol. The van der Waals surface area contributed by atoms with Gasteiger partial charge in [-0.05, 0) is 18.2 Å². The van der Waals surface area contributed by atoms with Crippen molar-refractivity contribution in [3.63, 3.8) is 0 Å². The number of imidazole rings is 1. The van der Waals surface area contributed by atoms with E-state index < -0.39 is 4.92 Å². The van der Waals surface area contributed by atoms with Gasteiger partial charge in [0.15, 0.2) is 0 Å². The Labute approximate surface area is 118 Å². The van der Waals surface area contributed by atoms with Gasteiger partial charge in [-0.15, -0.1) is 0 Å². The standard InChI is InChI=1S/C14H10N4O3/c19-14-4-2-1-3-9(14)7-15-12-5-10-11(17-8-16-10)6-13(12)18(20)21/h1-8,19H,(H,16,17).